The van der Waals surface area contributed by atoms with Crippen LogP contribution in [0.2, 0.25) is 0 Å². The van der Waals surface area contributed by atoms with E-state index < -0.39 is 0 Å². The van der Waals surface area contributed by atoms with Gasteiger partial charge >= 0.3 is 0 Å². The maximum atomic E-state index is 12.6. The van der Waals surface area contributed by atoms with Crippen molar-refractivity contribution in [2.75, 3.05) is 16.8 Å². The number of nitrogens with zero attached hydrogens (tertiary/aromatic N) is 3. The zero-order valence-electron chi connectivity index (χ0n) is 24.3. The zero-order chi connectivity index (χ0) is 29.9. The van der Waals surface area contributed by atoms with Crippen LogP contribution in [0.25, 0.3) is 5.69 Å². The summed E-state index contributed by atoms with van der Waals surface area (Å²) in [5.41, 5.74) is 8.41. The van der Waals surface area contributed by atoms with Gasteiger partial charge in [0.25, 0.3) is 5.91 Å². The van der Waals surface area contributed by atoms with Crippen LogP contribution in [0.4, 0.5) is 11.4 Å². The maximum Gasteiger partial charge on any atom is 0.262 e. The molecule has 3 heterocycles. The fraction of sp³-hybridized carbons (Fsp3) is 0.171. The quantitative estimate of drug-likeness (QED) is 0.191. The smallest absolute Gasteiger partial charge is 0.262 e. The molecule has 1 saturated heterocycles. The first-order valence-electron chi connectivity index (χ1n) is 14.2. The SMILES string of the molecule is Cc1c([C@H]2[C@H](c3ccccn3)NC(=S)N2c2ccc(NC(=O)COc3ccccc3)cc2)c(C)n(-c2ccccc2)c1C. The molecule has 1 amide bonds. The Labute approximate surface area is 257 Å². The summed E-state index contributed by atoms with van der Waals surface area (Å²) in [6.07, 6.45) is 1.82. The van der Waals surface area contributed by atoms with E-state index in [2.05, 4.69) is 65.1 Å². The van der Waals surface area contributed by atoms with Crippen LogP contribution in [0, 0.1) is 20.8 Å². The monoisotopic (exact) mass is 587 g/mol. The number of anilines is 2. The molecule has 0 aliphatic carbocycles. The minimum atomic E-state index is -0.230. The molecule has 0 spiro atoms. The molecule has 2 atom stereocenters. The topological polar surface area (TPSA) is 71.4 Å². The first kappa shape index (κ1) is 28.2. The van der Waals surface area contributed by atoms with Crippen molar-refractivity contribution in [3.05, 3.63) is 138 Å². The molecule has 2 N–H and O–H groups in total. The van der Waals surface area contributed by atoms with Crippen molar-refractivity contribution < 1.29 is 9.53 Å². The van der Waals surface area contributed by atoms with Gasteiger partial charge in [-0.1, -0.05) is 42.5 Å². The summed E-state index contributed by atoms with van der Waals surface area (Å²) in [7, 11) is 0. The second kappa shape index (κ2) is 12.1. The van der Waals surface area contributed by atoms with Crippen molar-refractivity contribution in [2.45, 2.75) is 32.9 Å². The summed E-state index contributed by atoms with van der Waals surface area (Å²) < 4.78 is 7.90. The van der Waals surface area contributed by atoms with E-state index in [1.165, 1.54) is 16.8 Å². The van der Waals surface area contributed by atoms with Crippen LogP contribution in [0.1, 0.15) is 40.3 Å². The summed E-state index contributed by atoms with van der Waals surface area (Å²) in [5, 5.41) is 7.11. The van der Waals surface area contributed by atoms with Crippen LogP contribution in [-0.2, 0) is 4.79 Å². The Hall–Kier alpha value is -4.95. The number of hydrogen-bond acceptors (Lipinski definition) is 4. The van der Waals surface area contributed by atoms with Gasteiger partial charge in [-0.3, -0.25) is 9.78 Å². The highest BCUT2D eigenvalue weighted by atomic mass is 32.1. The molecule has 1 aliphatic rings. The van der Waals surface area contributed by atoms with Crippen molar-refractivity contribution in [3.63, 3.8) is 0 Å². The maximum absolute atomic E-state index is 12.6. The number of benzene rings is 3. The van der Waals surface area contributed by atoms with Gasteiger partial charge in [0.05, 0.1) is 17.8 Å². The van der Waals surface area contributed by atoms with E-state index in [0.717, 1.165) is 22.8 Å². The molecule has 216 valence electrons. The highest BCUT2D eigenvalue weighted by Gasteiger charge is 2.43. The van der Waals surface area contributed by atoms with Crippen LogP contribution in [0.5, 0.6) is 5.75 Å². The lowest BCUT2D eigenvalue weighted by atomic mass is 9.93. The third-order valence-electron chi connectivity index (χ3n) is 7.96. The van der Waals surface area contributed by atoms with Crippen molar-refractivity contribution in [3.8, 4) is 11.4 Å². The molecule has 0 bridgehead atoms. The fourth-order valence-electron chi connectivity index (χ4n) is 5.90. The Balaban J connectivity index is 1.33. The molecule has 0 radical (unpaired) electrons. The van der Waals surface area contributed by atoms with Gasteiger partial charge in [0, 0.05) is 40.2 Å². The van der Waals surface area contributed by atoms with Crippen molar-refractivity contribution >= 4 is 34.6 Å². The van der Waals surface area contributed by atoms with E-state index in [1.54, 1.807) is 0 Å². The van der Waals surface area contributed by atoms with E-state index >= 15 is 0 Å². The lowest BCUT2D eigenvalue weighted by Gasteiger charge is -2.29. The lowest BCUT2D eigenvalue weighted by molar-refractivity contribution is -0.118. The summed E-state index contributed by atoms with van der Waals surface area (Å²) in [6, 6.07) is 33.1. The molecule has 43 heavy (non-hydrogen) atoms. The van der Waals surface area contributed by atoms with Gasteiger partial charge in [-0.05, 0) is 99.2 Å². The molecule has 6 rings (SSSR count). The molecule has 7 nitrogen and oxygen atoms in total. The Morgan fingerprint density at radius 1 is 0.860 bits per heavy atom. The van der Waals surface area contributed by atoms with Gasteiger partial charge in [0.1, 0.15) is 5.75 Å². The first-order valence-corrected chi connectivity index (χ1v) is 14.7. The van der Waals surface area contributed by atoms with Crippen LogP contribution in [0.3, 0.4) is 0 Å². The fourth-order valence-corrected chi connectivity index (χ4v) is 6.25. The molecular formula is C35H33N5O2S. The van der Waals surface area contributed by atoms with E-state index in [-0.39, 0.29) is 24.6 Å². The number of para-hydroxylation sites is 2. The Kier molecular flexibility index (Phi) is 7.94. The van der Waals surface area contributed by atoms with Gasteiger partial charge in [-0.15, -0.1) is 0 Å². The minimum Gasteiger partial charge on any atom is -0.484 e. The van der Waals surface area contributed by atoms with E-state index in [1.807, 2.05) is 85.1 Å². The summed E-state index contributed by atoms with van der Waals surface area (Å²) in [5.74, 6) is 0.422. The average Bonchev–Trinajstić information content (AvgIpc) is 3.48. The third kappa shape index (κ3) is 5.61. The molecule has 2 aromatic heterocycles. The molecule has 5 aromatic rings. The van der Waals surface area contributed by atoms with Gasteiger partial charge < -0.3 is 24.8 Å². The predicted octanol–water partition coefficient (Wildman–Crippen LogP) is 6.99. The molecule has 0 saturated carbocycles. The third-order valence-corrected chi connectivity index (χ3v) is 8.27. The number of ether oxygens (including phenoxy) is 1. The molecule has 1 fully saturated rings. The van der Waals surface area contributed by atoms with Gasteiger partial charge in [-0.2, -0.15) is 0 Å². The lowest BCUT2D eigenvalue weighted by Crippen LogP contribution is -2.30. The number of rotatable bonds is 8. The predicted molar refractivity (Wildman–Crippen MR) is 175 cm³/mol. The van der Waals surface area contributed by atoms with E-state index in [0.29, 0.717) is 16.5 Å². The van der Waals surface area contributed by atoms with Crippen molar-refractivity contribution in [2.24, 2.45) is 0 Å². The highest BCUT2D eigenvalue weighted by Crippen LogP contribution is 2.45. The standard InChI is InChI=1S/C35H33N5O2S/c1-23-24(2)39(27-12-6-4-7-13-27)25(3)32(23)34-33(30-16-10-11-21-36-30)38-35(43)40(34)28-19-17-26(18-20-28)37-31(41)22-42-29-14-8-5-9-15-29/h4-21,33-34H,22H2,1-3H3,(H,37,41)(H,38,43)/t33-,34-/m0/s1. The first-order chi connectivity index (χ1) is 20.9. The molecule has 3 aromatic carbocycles. The Morgan fingerprint density at radius 3 is 2.21 bits per heavy atom. The Bertz CT molecular complexity index is 1740. The number of thiocarbonyl (C=S) groups is 1. The van der Waals surface area contributed by atoms with Gasteiger partial charge in [0.15, 0.2) is 11.7 Å². The second-order valence-corrected chi connectivity index (χ2v) is 11.0. The average molecular weight is 588 g/mol. The molecule has 1 aliphatic heterocycles. The minimum absolute atomic E-state index is 0.0734. The highest BCUT2D eigenvalue weighted by molar-refractivity contribution is 7.80. The van der Waals surface area contributed by atoms with Crippen LogP contribution >= 0.6 is 12.2 Å². The summed E-state index contributed by atoms with van der Waals surface area (Å²) in [4.78, 5) is 19.4. The molecule has 0 unspecified atom stereocenters. The molecule has 8 heteroatoms. The Morgan fingerprint density at radius 2 is 1.53 bits per heavy atom. The zero-order valence-corrected chi connectivity index (χ0v) is 25.1. The number of amides is 1. The summed E-state index contributed by atoms with van der Waals surface area (Å²) >= 11 is 5.97. The van der Waals surface area contributed by atoms with E-state index in [9.17, 15) is 4.79 Å². The number of carbonyl (C=O) groups is 1. The van der Waals surface area contributed by atoms with Crippen LogP contribution in [0.15, 0.2) is 109 Å². The van der Waals surface area contributed by atoms with Gasteiger partial charge in [-0.25, -0.2) is 0 Å². The van der Waals surface area contributed by atoms with Gasteiger partial charge in [0.2, 0.25) is 0 Å². The largest absolute Gasteiger partial charge is 0.484 e. The van der Waals surface area contributed by atoms with Crippen LogP contribution in [-0.4, -0.2) is 27.2 Å². The normalized spacial score (nSPS) is 16.2. The number of carbonyl (C=O) groups excluding carboxylic acids is 1. The summed E-state index contributed by atoms with van der Waals surface area (Å²) in [6.45, 7) is 6.45. The van der Waals surface area contributed by atoms with Crippen molar-refractivity contribution in [1.82, 2.24) is 14.9 Å². The van der Waals surface area contributed by atoms with E-state index in [4.69, 9.17) is 21.9 Å². The molecular weight excluding hydrogens is 554 g/mol. The van der Waals surface area contributed by atoms with Crippen molar-refractivity contribution in [1.29, 1.82) is 0 Å². The number of pyridine rings is 1. The van der Waals surface area contributed by atoms with Crippen LogP contribution < -0.4 is 20.3 Å². The number of nitrogens with one attached hydrogen (secondary N) is 2. The number of aromatic nitrogens is 2. The second-order valence-electron chi connectivity index (χ2n) is 10.6. The number of hydrogen-bond donors (Lipinski definition) is 2.